The quantitative estimate of drug-likeness (QED) is 0.186. The van der Waals surface area contributed by atoms with Crippen LogP contribution < -0.4 is 4.90 Å². The zero-order chi connectivity index (χ0) is 32.3. The van der Waals surface area contributed by atoms with Gasteiger partial charge in [-0.05, 0) is 70.4 Å². The van der Waals surface area contributed by atoms with Gasteiger partial charge in [-0.3, -0.25) is 0 Å². The number of fused-ring (bicyclic) bond motifs is 7. The molecule has 0 spiro atoms. The maximum Gasteiger partial charge on any atom is 0.143 e. The van der Waals surface area contributed by atoms with Gasteiger partial charge in [-0.25, -0.2) is 0 Å². The third-order valence-electron chi connectivity index (χ3n) is 9.67. The van der Waals surface area contributed by atoms with E-state index in [-0.39, 0.29) is 0 Å². The Kier molecular flexibility index (Phi) is 6.39. The van der Waals surface area contributed by atoms with Gasteiger partial charge < -0.3 is 9.32 Å². The molecule has 0 fully saturated rings. The van der Waals surface area contributed by atoms with Crippen LogP contribution in [0.4, 0.5) is 17.1 Å². The average Bonchev–Trinajstić information content (AvgIpc) is 3.74. The SMILES string of the molecule is c1ccc(N(c2ccc(-c3cccc4c3oc3ccccc34)cc2)c2ccc3ccccc3c2)c(-c2cccc3sc4ccccc4c23)c1. The Morgan fingerprint density at radius 2 is 1.08 bits per heavy atom. The lowest BCUT2D eigenvalue weighted by Crippen LogP contribution is -2.11. The molecule has 49 heavy (non-hydrogen) atoms. The van der Waals surface area contributed by atoms with Crippen molar-refractivity contribution in [2.45, 2.75) is 0 Å². The van der Waals surface area contributed by atoms with Crippen LogP contribution in [-0.4, -0.2) is 0 Å². The van der Waals surface area contributed by atoms with Crippen LogP contribution in [-0.2, 0) is 0 Å². The molecule has 2 heterocycles. The summed E-state index contributed by atoms with van der Waals surface area (Å²) in [5, 5.41) is 7.32. The average molecular weight is 644 g/mol. The Morgan fingerprint density at radius 3 is 2.00 bits per heavy atom. The largest absolute Gasteiger partial charge is 0.455 e. The molecular formula is C46H29NOS. The Morgan fingerprint density at radius 1 is 0.429 bits per heavy atom. The summed E-state index contributed by atoms with van der Waals surface area (Å²) in [6.45, 7) is 0. The number of rotatable bonds is 5. The molecule has 0 bridgehead atoms. The second-order valence-corrected chi connectivity index (χ2v) is 13.6. The van der Waals surface area contributed by atoms with E-state index in [2.05, 4.69) is 169 Å². The number of thiophene rings is 1. The monoisotopic (exact) mass is 643 g/mol. The third-order valence-corrected chi connectivity index (χ3v) is 10.8. The van der Waals surface area contributed by atoms with Gasteiger partial charge in [0.1, 0.15) is 11.2 Å². The number of anilines is 3. The summed E-state index contributed by atoms with van der Waals surface area (Å²) in [6.07, 6.45) is 0. The lowest BCUT2D eigenvalue weighted by molar-refractivity contribution is 0.670. The van der Waals surface area contributed by atoms with Gasteiger partial charge >= 0.3 is 0 Å². The minimum Gasteiger partial charge on any atom is -0.455 e. The molecule has 0 aliphatic rings. The second kappa shape index (κ2) is 11.2. The fourth-order valence-electron chi connectivity index (χ4n) is 7.40. The van der Waals surface area contributed by atoms with Crippen molar-refractivity contribution in [2.75, 3.05) is 4.90 Å². The zero-order valence-electron chi connectivity index (χ0n) is 26.5. The van der Waals surface area contributed by atoms with Crippen molar-refractivity contribution in [3.05, 3.63) is 176 Å². The summed E-state index contributed by atoms with van der Waals surface area (Å²) < 4.78 is 9.02. The van der Waals surface area contributed by atoms with E-state index in [0.717, 1.165) is 50.1 Å². The molecule has 0 N–H and O–H groups in total. The maximum absolute atomic E-state index is 6.41. The number of nitrogens with zero attached hydrogens (tertiary/aromatic N) is 1. The van der Waals surface area contributed by atoms with E-state index in [9.17, 15) is 0 Å². The molecule has 8 aromatic carbocycles. The van der Waals surface area contributed by atoms with Crippen molar-refractivity contribution in [3.63, 3.8) is 0 Å². The van der Waals surface area contributed by atoms with E-state index in [1.807, 2.05) is 23.5 Å². The molecular weight excluding hydrogens is 615 g/mol. The van der Waals surface area contributed by atoms with E-state index < -0.39 is 0 Å². The van der Waals surface area contributed by atoms with Crippen LogP contribution in [0.15, 0.2) is 180 Å². The van der Waals surface area contributed by atoms with Crippen molar-refractivity contribution in [1.29, 1.82) is 0 Å². The fraction of sp³-hybridized carbons (Fsp3) is 0. The maximum atomic E-state index is 6.41. The molecule has 10 rings (SSSR count). The van der Waals surface area contributed by atoms with Crippen LogP contribution in [0.1, 0.15) is 0 Å². The predicted molar refractivity (Wildman–Crippen MR) is 210 cm³/mol. The molecule has 0 atom stereocenters. The minimum atomic E-state index is 0.911. The van der Waals surface area contributed by atoms with Gasteiger partial charge in [0.2, 0.25) is 0 Å². The minimum absolute atomic E-state index is 0.911. The number of hydrogen-bond donors (Lipinski definition) is 0. The Hall–Kier alpha value is -6.16. The second-order valence-electron chi connectivity index (χ2n) is 12.5. The number of para-hydroxylation sites is 3. The highest BCUT2D eigenvalue weighted by Crippen LogP contribution is 2.46. The Labute approximate surface area is 287 Å². The highest BCUT2D eigenvalue weighted by atomic mass is 32.1. The summed E-state index contributed by atoms with van der Waals surface area (Å²) >= 11 is 1.86. The molecule has 0 saturated heterocycles. The van der Waals surface area contributed by atoms with E-state index >= 15 is 0 Å². The van der Waals surface area contributed by atoms with Crippen molar-refractivity contribution in [1.82, 2.24) is 0 Å². The molecule has 0 unspecified atom stereocenters. The number of benzene rings is 8. The van der Waals surface area contributed by atoms with E-state index in [4.69, 9.17) is 4.42 Å². The van der Waals surface area contributed by atoms with Crippen molar-refractivity contribution >= 4 is 81.3 Å². The van der Waals surface area contributed by atoms with Gasteiger partial charge in [-0.15, -0.1) is 11.3 Å². The third kappa shape index (κ3) is 4.55. The van der Waals surface area contributed by atoms with E-state index in [1.54, 1.807) is 0 Å². The molecule has 2 aromatic heterocycles. The molecule has 0 aliphatic heterocycles. The van der Waals surface area contributed by atoms with Gasteiger partial charge in [-0.1, -0.05) is 127 Å². The molecule has 0 aliphatic carbocycles. The van der Waals surface area contributed by atoms with Gasteiger partial charge in [0.05, 0.1) is 5.69 Å². The van der Waals surface area contributed by atoms with Crippen LogP contribution in [0.25, 0.3) is 75.1 Å². The molecule has 2 nitrogen and oxygen atoms in total. The standard InChI is InChI=1S/C46H29NOS/c1-2-12-32-29-34(28-23-30(32)11-1)47(33-26-24-31(25-27-33)35-16-9-18-39-37-14-4-7-20-42(37)48-46(35)39)41-19-6-3-13-36(41)38-17-10-22-44-45(38)40-15-5-8-21-43(40)49-44/h1-29H. The highest BCUT2D eigenvalue weighted by Gasteiger charge is 2.20. The van der Waals surface area contributed by atoms with Gasteiger partial charge in [-0.2, -0.15) is 0 Å². The van der Waals surface area contributed by atoms with Crippen molar-refractivity contribution < 1.29 is 4.42 Å². The summed E-state index contributed by atoms with van der Waals surface area (Å²) in [5.41, 5.74) is 9.81. The summed E-state index contributed by atoms with van der Waals surface area (Å²) in [7, 11) is 0. The molecule has 0 radical (unpaired) electrons. The number of hydrogen-bond acceptors (Lipinski definition) is 3. The smallest absolute Gasteiger partial charge is 0.143 e. The van der Waals surface area contributed by atoms with E-state index in [0.29, 0.717) is 0 Å². The lowest BCUT2D eigenvalue weighted by Gasteiger charge is -2.28. The molecule has 3 heteroatoms. The lowest BCUT2D eigenvalue weighted by atomic mass is 9.96. The van der Waals surface area contributed by atoms with Crippen molar-refractivity contribution in [3.8, 4) is 22.3 Å². The normalized spacial score (nSPS) is 11.7. The first-order chi connectivity index (χ1) is 24.3. The van der Waals surface area contributed by atoms with Crippen LogP contribution in [0.5, 0.6) is 0 Å². The van der Waals surface area contributed by atoms with Gasteiger partial charge in [0.15, 0.2) is 0 Å². The summed E-state index contributed by atoms with van der Waals surface area (Å²) in [4.78, 5) is 2.40. The molecule has 230 valence electrons. The predicted octanol–water partition coefficient (Wildman–Crippen LogP) is 13.9. The molecule has 0 amide bonds. The summed E-state index contributed by atoms with van der Waals surface area (Å²) in [6, 6.07) is 63.2. The zero-order valence-corrected chi connectivity index (χ0v) is 27.3. The topological polar surface area (TPSA) is 16.4 Å². The summed E-state index contributed by atoms with van der Waals surface area (Å²) in [5.74, 6) is 0. The van der Waals surface area contributed by atoms with Crippen molar-refractivity contribution in [2.24, 2.45) is 0 Å². The fourth-order valence-corrected chi connectivity index (χ4v) is 8.54. The number of furan rings is 1. The highest BCUT2D eigenvalue weighted by molar-refractivity contribution is 7.25. The van der Waals surface area contributed by atoms with Crippen LogP contribution in [0.3, 0.4) is 0 Å². The van der Waals surface area contributed by atoms with Crippen LogP contribution in [0, 0.1) is 0 Å². The Bertz CT molecular complexity index is 2840. The first-order valence-electron chi connectivity index (χ1n) is 16.6. The van der Waals surface area contributed by atoms with E-state index in [1.165, 1.54) is 42.1 Å². The van der Waals surface area contributed by atoms with Crippen LogP contribution >= 0.6 is 11.3 Å². The Balaban J connectivity index is 1.17. The first kappa shape index (κ1) is 27.9. The molecule has 0 saturated carbocycles. The van der Waals surface area contributed by atoms with Gasteiger partial charge in [0.25, 0.3) is 0 Å². The van der Waals surface area contributed by atoms with Gasteiger partial charge in [0, 0.05) is 53.4 Å². The first-order valence-corrected chi connectivity index (χ1v) is 17.4. The molecule has 10 aromatic rings. The van der Waals surface area contributed by atoms with Crippen LogP contribution in [0.2, 0.25) is 0 Å².